The van der Waals surface area contributed by atoms with Crippen molar-refractivity contribution in [3.63, 3.8) is 0 Å². The number of hydrogen-bond acceptors (Lipinski definition) is 4. The summed E-state index contributed by atoms with van der Waals surface area (Å²) in [7, 11) is 0. The van der Waals surface area contributed by atoms with Crippen molar-refractivity contribution in [2.45, 2.75) is 12.3 Å². The first-order chi connectivity index (χ1) is 27.4. The van der Waals surface area contributed by atoms with Gasteiger partial charge in [0.2, 0.25) is 0 Å². The molecule has 0 fully saturated rings. The molecule has 0 amide bonds. The van der Waals surface area contributed by atoms with E-state index < -0.39 is 60.4 Å². The number of allylic oxidation sites excluding steroid dienone is 1. The molecule has 3 nitrogen and oxygen atoms in total. The fraction of sp³-hybridized carbons (Fsp3) is 0.0465. The lowest BCUT2D eigenvalue weighted by atomic mass is 9.88. The second kappa shape index (κ2) is 11.6. The molecule has 0 radical (unpaired) electrons. The predicted octanol–water partition coefficient (Wildman–Crippen LogP) is 11.3. The van der Waals surface area contributed by atoms with Gasteiger partial charge in [0.1, 0.15) is 0 Å². The minimum absolute atomic E-state index is 0.0665. The number of rotatable bonds is 5. The minimum Gasteiger partial charge on any atom is -0.208 e. The van der Waals surface area contributed by atoms with Crippen LogP contribution in [0.15, 0.2) is 151 Å². The lowest BCUT2D eigenvalue weighted by molar-refractivity contribution is 0.842. The van der Waals surface area contributed by atoms with E-state index in [2.05, 4.69) is 41.4 Å². The van der Waals surface area contributed by atoms with Crippen LogP contribution in [0.5, 0.6) is 0 Å². The molecule has 4 heteroatoms. The number of benzene rings is 6. The van der Waals surface area contributed by atoms with Crippen molar-refractivity contribution in [1.29, 1.82) is 0 Å². The summed E-state index contributed by atoms with van der Waals surface area (Å²) in [5, 5.41) is 0.882. The van der Waals surface area contributed by atoms with Crippen LogP contribution in [0.25, 0.3) is 72.2 Å². The number of nitrogens with zero attached hydrogens (tertiary/aromatic N) is 3. The summed E-state index contributed by atoms with van der Waals surface area (Å²) in [6.45, 7) is 0. The van der Waals surface area contributed by atoms with E-state index in [4.69, 9.17) is 20.9 Å². The molecule has 0 N–H and O–H groups in total. The largest absolute Gasteiger partial charge is 0.208 e. The van der Waals surface area contributed by atoms with E-state index in [0.29, 0.717) is 11.1 Å². The highest BCUT2D eigenvalue weighted by Crippen LogP contribution is 2.41. The van der Waals surface area contributed by atoms with Crippen molar-refractivity contribution in [2.75, 3.05) is 0 Å². The number of thiophene rings is 1. The molecule has 2 heterocycles. The second-order valence-electron chi connectivity index (χ2n) is 11.2. The average Bonchev–Trinajstić information content (AvgIpc) is 3.60. The number of fused-ring (bicyclic) bond motifs is 4. The summed E-state index contributed by atoms with van der Waals surface area (Å²) in [4.78, 5) is 15.6. The lowest BCUT2D eigenvalue weighted by Gasteiger charge is -2.17. The Morgan fingerprint density at radius 3 is 2.02 bits per heavy atom. The maximum absolute atomic E-state index is 9.17. The Morgan fingerprint density at radius 1 is 0.574 bits per heavy atom. The molecule has 0 bridgehead atoms. The first kappa shape index (κ1) is 19.1. The smallest absolute Gasteiger partial charge is 0.164 e. The molecule has 0 aliphatic heterocycles. The summed E-state index contributed by atoms with van der Waals surface area (Å²) >= 11 is 1.72. The Kier molecular flexibility index (Phi) is 4.70. The first-order valence-corrected chi connectivity index (χ1v) is 16.0. The molecule has 2 aromatic heterocycles. The molecule has 1 atom stereocenters. The molecule has 222 valence electrons. The van der Waals surface area contributed by atoms with Crippen LogP contribution >= 0.6 is 11.3 Å². The molecule has 6 aromatic carbocycles. The van der Waals surface area contributed by atoms with Crippen LogP contribution in [-0.2, 0) is 6.42 Å². The molecule has 9 rings (SSSR count). The van der Waals surface area contributed by atoms with Gasteiger partial charge in [-0.2, -0.15) is 0 Å². The highest BCUT2D eigenvalue weighted by atomic mass is 32.1. The van der Waals surface area contributed by atoms with Crippen LogP contribution in [0.4, 0.5) is 0 Å². The van der Waals surface area contributed by atoms with Gasteiger partial charge in [-0.1, -0.05) is 145 Å². The van der Waals surface area contributed by atoms with E-state index in [1.54, 1.807) is 11.3 Å². The molecule has 0 spiro atoms. The summed E-state index contributed by atoms with van der Waals surface area (Å²) in [5.74, 6) is 0.747. The predicted molar refractivity (Wildman–Crippen MR) is 196 cm³/mol. The van der Waals surface area contributed by atoms with E-state index in [1.165, 1.54) is 22.1 Å². The van der Waals surface area contributed by atoms with Crippen LogP contribution in [-0.4, -0.2) is 15.0 Å². The van der Waals surface area contributed by atoms with Crippen molar-refractivity contribution in [3.8, 4) is 45.3 Å². The second-order valence-corrected chi connectivity index (χ2v) is 12.4. The highest BCUT2D eigenvalue weighted by molar-refractivity contribution is 7.19. The standard InChI is InChI=1S/C43H29N3S/c1-3-9-28(10-4-1)35-21-23-37-38-24-22-36(27-40(38)47-39(37)26-35)43-45-41(31-12-5-2-6-13-31)44-42(46-43)32-18-15-30(16-19-32)34-20-17-29-11-7-8-14-33(29)25-34/h1-25,27,35H,26H2/i7D,8D,11D,14D,15D,16D,17D,18D,19D,20D. The van der Waals surface area contributed by atoms with E-state index in [9.17, 15) is 2.74 Å². The van der Waals surface area contributed by atoms with Crippen LogP contribution in [0.1, 0.15) is 35.6 Å². The minimum atomic E-state index is -0.545. The van der Waals surface area contributed by atoms with Crippen molar-refractivity contribution >= 4 is 38.3 Å². The third-order valence-corrected chi connectivity index (χ3v) is 9.50. The Bertz CT molecular complexity index is 2980. The maximum atomic E-state index is 9.17. The first-order valence-electron chi connectivity index (χ1n) is 20.1. The van der Waals surface area contributed by atoms with Crippen molar-refractivity contribution < 1.29 is 13.7 Å². The Labute approximate surface area is 291 Å². The summed E-state index contributed by atoms with van der Waals surface area (Å²) in [5.41, 5.74) is 3.16. The maximum Gasteiger partial charge on any atom is 0.164 e. The SMILES string of the molecule is [2H]c1c([2H])c(-c2cc3c([2H])c([2H])c([2H])c([2H])c3c([2H])c2[2H])c([2H])c([2H])c1-c1nc(-c2ccccc2)nc(-c2ccc3c4c(sc3c2)CC(c2ccccc2)C=C4)n1. The van der Waals surface area contributed by atoms with E-state index in [0.717, 1.165) is 16.5 Å². The molecule has 1 unspecified atom stereocenters. The Balaban J connectivity index is 1.19. The van der Waals surface area contributed by atoms with Gasteiger partial charge in [0, 0.05) is 32.2 Å². The molecule has 0 saturated heterocycles. The van der Waals surface area contributed by atoms with Gasteiger partial charge >= 0.3 is 0 Å². The van der Waals surface area contributed by atoms with Gasteiger partial charge in [-0.15, -0.1) is 11.3 Å². The van der Waals surface area contributed by atoms with Crippen LogP contribution in [0.3, 0.4) is 0 Å². The third-order valence-electron chi connectivity index (χ3n) is 8.30. The molecular formula is C43H29N3S. The molecular weight excluding hydrogens is 591 g/mol. The van der Waals surface area contributed by atoms with Gasteiger partial charge in [0.15, 0.2) is 17.5 Å². The molecule has 1 aliphatic rings. The summed E-state index contributed by atoms with van der Waals surface area (Å²) in [6.07, 6.45) is 5.33. The Hall–Kier alpha value is -5.71. The number of hydrogen-bond donors (Lipinski definition) is 0. The van der Waals surface area contributed by atoms with Crippen LogP contribution < -0.4 is 0 Å². The molecule has 1 aliphatic carbocycles. The molecule has 8 aromatic rings. The Morgan fingerprint density at radius 2 is 1.23 bits per heavy atom. The van der Waals surface area contributed by atoms with Gasteiger partial charge in [-0.3, -0.25) is 0 Å². The zero-order chi connectivity index (χ0) is 39.9. The zero-order valence-corrected chi connectivity index (χ0v) is 25.6. The third kappa shape index (κ3) is 5.23. The van der Waals surface area contributed by atoms with Crippen molar-refractivity contribution in [1.82, 2.24) is 15.0 Å². The van der Waals surface area contributed by atoms with E-state index >= 15 is 0 Å². The number of aromatic nitrogens is 3. The van der Waals surface area contributed by atoms with Gasteiger partial charge in [-0.05, 0) is 57.0 Å². The van der Waals surface area contributed by atoms with Gasteiger partial charge in [0.05, 0.1) is 13.7 Å². The van der Waals surface area contributed by atoms with E-state index in [-0.39, 0.29) is 50.9 Å². The van der Waals surface area contributed by atoms with Crippen LogP contribution in [0.2, 0.25) is 0 Å². The van der Waals surface area contributed by atoms with E-state index in [1.807, 2.05) is 54.6 Å². The van der Waals surface area contributed by atoms with Crippen LogP contribution in [0, 0.1) is 0 Å². The molecule has 47 heavy (non-hydrogen) atoms. The van der Waals surface area contributed by atoms with Crippen molar-refractivity contribution in [2.24, 2.45) is 0 Å². The summed E-state index contributed by atoms with van der Waals surface area (Å²) < 4.78 is 88.1. The average molecular weight is 630 g/mol. The highest BCUT2D eigenvalue weighted by Gasteiger charge is 2.21. The lowest BCUT2D eigenvalue weighted by Crippen LogP contribution is -2.03. The zero-order valence-electron chi connectivity index (χ0n) is 34.8. The normalized spacial score (nSPS) is 17.0. The molecule has 0 saturated carbocycles. The monoisotopic (exact) mass is 629 g/mol. The van der Waals surface area contributed by atoms with Gasteiger partial charge < -0.3 is 0 Å². The summed E-state index contributed by atoms with van der Waals surface area (Å²) in [6, 6.07) is 21.9. The topological polar surface area (TPSA) is 38.7 Å². The quantitative estimate of drug-likeness (QED) is 0.190. The fourth-order valence-corrected chi connectivity index (χ4v) is 7.21. The fourth-order valence-electron chi connectivity index (χ4n) is 5.92. The van der Waals surface area contributed by atoms with Gasteiger partial charge in [0.25, 0.3) is 0 Å². The van der Waals surface area contributed by atoms with Crippen molar-refractivity contribution in [3.05, 3.63) is 167 Å². The van der Waals surface area contributed by atoms with Gasteiger partial charge in [-0.25, -0.2) is 15.0 Å².